The van der Waals surface area contributed by atoms with E-state index < -0.39 is 0 Å². The van der Waals surface area contributed by atoms with Gasteiger partial charge in [-0.3, -0.25) is 0 Å². The molecule has 0 unspecified atom stereocenters. The topological polar surface area (TPSA) is 36.5 Å². The van der Waals surface area contributed by atoms with E-state index in [1.165, 1.54) is 0 Å². The Bertz CT molecular complexity index is 2150. The predicted molar refractivity (Wildman–Crippen MR) is 166 cm³/mol. The largest absolute Gasteiger partial charge is 0.354 e. The van der Waals surface area contributed by atoms with E-state index in [4.69, 9.17) is 39.2 Å². The zero-order chi connectivity index (χ0) is 25.9. The molecule has 0 aliphatic carbocycles. The van der Waals surface area contributed by atoms with Crippen molar-refractivity contribution in [3.8, 4) is 5.69 Å². The van der Waals surface area contributed by atoms with Crippen molar-refractivity contribution in [2.45, 2.75) is 0 Å². The van der Waals surface area contributed by atoms with Crippen molar-refractivity contribution in [1.29, 1.82) is 0 Å². The highest BCUT2D eigenvalue weighted by Crippen LogP contribution is 2.42. The van der Waals surface area contributed by atoms with Crippen LogP contribution in [0.15, 0.2) is 72.8 Å². The second-order valence-electron chi connectivity index (χ2n) is 9.86. The smallest absolute Gasteiger partial charge is 0.115 e. The molecule has 3 aromatic heterocycles. The van der Waals surface area contributed by atoms with E-state index in [0.29, 0.717) is 16.6 Å². The van der Waals surface area contributed by atoms with Gasteiger partial charge in [0.25, 0.3) is 0 Å². The van der Waals surface area contributed by atoms with E-state index >= 15 is 0 Å². The van der Waals surface area contributed by atoms with Crippen molar-refractivity contribution >= 4 is 132 Å². The minimum absolute atomic E-state index is 0.195. The van der Waals surface area contributed by atoms with Gasteiger partial charge in [-0.2, -0.15) is 0 Å². The lowest BCUT2D eigenvalue weighted by Crippen LogP contribution is -2.56. The zero-order valence-electron chi connectivity index (χ0n) is 20.3. The van der Waals surface area contributed by atoms with Gasteiger partial charge < -0.3 is 14.5 Å². The first kappa shape index (κ1) is 21.9. The van der Waals surface area contributed by atoms with Gasteiger partial charge >= 0.3 is 0 Å². The highest BCUT2D eigenvalue weighted by atomic mass is 15.0. The van der Waals surface area contributed by atoms with E-state index in [-0.39, 0.29) is 16.4 Å². The lowest BCUT2D eigenvalue weighted by Gasteiger charge is -2.23. The fourth-order valence-electron chi connectivity index (χ4n) is 6.14. The number of rotatable bonds is 1. The minimum atomic E-state index is 0.195. The van der Waals surface area contributed by atoms with Crippen LogP contribution >= 0.6 is 0 Å². The third-order valence-electron chi connectivity index (χ3n) is 7.95. The molecule has 8 heteroatoms. The Morgan fingerprint density at radius 1 is 0.447 bits per heavy atom. The second-order valence-corrected chi connectivity index (χ2v) is 9.86. The molecule has 0 saturated heterocycles. The summed E-state index contributed by atoms with van der Waals surface area (Å²) in [6.45, 7) is 0. The molecule has 0 amide bonds. The van der Waals surface area contributed by atoms with Crippen LogP contribution in [0, 0.1) is 0 Å². The van der Waals surface area contributed by atoms with Gasteiger partial charge in [-0.15, -0.1) is 16.4 Å². The first-order valence-electron chi connectivity index (χ1n) is 12.3. The molecule has 164 valence electrons. The number of benzene rings is 5. The Morgan fingerprint density at radius 3 is 1.34 bits per heavy atom. The summed E-state index contributed by atoms with van der Waals surface area (Å²) in [4.78, 5) is 7.36. The van der Waals surface area contributed by atoms with Crippen molar-refractivity contribution in [2.24, 2.45) is 0 Å². The van der Waals surface area contributed by atoms with Gasteiger partial charge in [-0.1, -0.05) is 59.5 Å². The summed E-state index contributed by atoms with van der Waals surface area (Å²) in [6.07, 6.45) is 0. The number of aromatic nitrogens is 3. The first-order chi connectivity index (χ1) is 18.5. The molecular weight excluding hydrogens is 456 g/mol. The van der Waals surface area contributed by atoms with E-state index in [0.717, 1.165) is 65.4 Å². The molecule has 0 bridgehead atoms. The van der Waals surface area contributed by atoms with Crippen LogP contribution in [-0.4, -0.2) is 53.8 Å². The molecule has 0 saturated carbocycles. The number of fused-ring (bicyclic) bond motifs is 11. The molecular formula is C30H14B5N3. The van der Waals surface area contributed by atoms with Gasteiger partial charge in [-0.05, 0) is 24.3 Å². The molecule has 0 aliphatic rings. The molecule has 2 N–H and O–H groups in total. The monoisotopic (exact) mass is 471 g/mol. The molecule has 38 heavy (non-hydrogen) atoms. The first-order valence-corrected chi connectivity index (χ1v) is 12.3. The van der Waals surface area contributed by atoms with Crippen LogP contribution in [0.4, 0.5) is 0 Å². The molecule has 10 radical (unpaired) electrons. The maximum absolute atomic E-state index is 6.60. The number of para-hydroxylation sites is 2. The number of hydrogen-bond donors (Lipinski definition) is 2. The van der Waals surface area contributed by atoms with Gasteiger partial charge in [0, 0.05) is 49.0 Å². The van der Waals surface area contributed by atoms with Crippen molar-refractivity contribution in [3.63, 3.8) is 0 Å². The quantitative estimate of drug-likeness (QED) is 0.345. The summed E-state index contributed by atoms with van der Waals surface area (Å²) in [5.74, 6) is 0. The van der Waals surface area contributed by atoms with E-state index in [1.807, 2.05) is 12.1 Å². The van der Waals surface area contributed by atoms with Gasteiger partial charge in [0.15, 0.2) is 0 Å². The van der Waals surface area contributed by atoms with Crippen LogP contribution in [-0.2, 0) is 0 Å². The highest BCUT2D eigenvalue weighted by molar-refractivity contribution is 6.68. The maximum atomic E-state index is 6.60. The van der Waals surface area contributed by atoms with E-state index in [9.17, 15) is 0 Å². The lowest BCUT2D eigenvalue weighted by atomic mass is 9.61. The number of H-pyrrole nitrogens is 2. The highest BCUT2D eigenvalue weighted by Gasteiger charge is 2.23. The summed E-state index contributed by atoms with van der Waals surface area (Å²) in [6, 6.07) is 25.1. The van der Waals surface area contributed by atoms with Gasteiger partial charge in [0.2, 0.25) is 0 Å². The molecule has 0 fully saturated rings. The Balaban J connectivity index is 1.68. The number of aromatic amines is 2. The molecule has 0 spiro atoms. The third kappa shape index (κ3) is 2.60. The lowest BCUT2D eigenvalue weighted by molar-refractivity contribution is 1.21. The Hall–Kier alpha value is -4.18. The fourth-order valence-corrected chi connectivity index (χ4v) is 6.14. The number of nitrogens with one attached hydrogen (secondary N) is 2. The van der Waals surface area contributed by atoms with E-state index in [1.54, 1.807) is 0 Å². The Kier molecular flexibility index (Phi) is 4.28. The number of nitrogens with zero attached hydrogens (tertiary/aromatic N) is 1. The zero-order valence-corrected chi connectivity index (χ0v) is 20.3. The standard InChI is InChI=1S/C30H14B5N3/c31-23-24(32)26(34)30(27(35)25(23)33)38-19-11-9-15-13-5-1-3-7-17(13)36-28(15)21(19)22-20(38)12-10-16-14-6-2-4-8-18(14)37-29(16)22/h1-12,36-37H. The van der Waals surface area contributed by atoms with Crippen molar-refractivity contribution in [2.75, 3.05) is 0 Å². The van der Waals surface area contributed by atoms with Crippen molar-refractivity contribution < 1.29 is 0 Å². The van der Waals surface area contributed by atoms with Crippen LogP contribution in [0.2, 0.25) is 0 Å². The van der Waals surface area contributed by atoms with Crippen LogP contribution in [0.3, 0.4) is 0 Å². The third-order valence-corrected chi connectivity index (χ3v) is 7.95. The fraction of sp³-hybridized carbons (Fsp3) is 0. The van der Waals surface area contributed by atoms with Gasteiger partial charge in [0.05, 0.1) is 22.1 Å². The molecule has 0 atom stereocenters. The van der Waals surface area contributed by atoms with Gasteiger partial charge in [0.1, 0.15) is 39.2 Å². The Morgan fingerprint density at radius 2 is 0.868 bits per heavy atom. The second kappa shape index (κ2) is 7.44. The molecule has 3 nitrogen and oxygen atoms in total. The van der Waals surface area contributed by atoms with Gasteiger partial charge in [-0.25, -0.2) is 0 Å². The average Bonchev–Trinajstić information content (AvgIpc) is 3.60. The summed E-state index contributed by atoms with van der Waals surface area (Å²) in [7, 11) is 32.0. The summed E-state index contributed by atoms with van der Waals surface area (Å²) < 4.78 is 2.05. The average molecular weight is 471 g/mol. The molecule has 5 aromatic carbocycles. The molecule has 8 aromatic rings. The maximum Gasteiger partial charge on any atom is 0.115 e. The van der Waals surface area contributed by atoms with Crippen LogP contribution in [0.1, 0.15) is 0 Å². The SMILES string of the molecule is [B]c1c([B])c([B])c(-n2c3ccc4c5ccccc5[nH]c4c3c3c4[nH]c5ccccc5c4ccc32)c([B])c1[B]. The summed E-state index contributed by atoms with van der Waals surface area (Å²) >= 11 is 0. The van der Waals surface area contributed by atoms with Crippen molar-refractivity contribution in [1.82, 2.24) is 14.5 Å². The molecule has 3 heterocycles. The molecule has 8 rings (SSSR count). The van der Waals surface area contributed by atoms with Crippen LogP contribution in [0.25, 0.3) is 71.1 Å². The van der Waals surface area contributed by atoms with E-state index in [2.05, 4.69) is 75.2 Å². The van der Waals surface area contributed by atoms with Crippen LogP contribution in [0.5, 0.6) is 0 Å². The predicted octanol–water partition coefficient (Wildman–Crippen LogP) is 2.02. The Labute approximate surface area is 224 Å². The minimum Gasteiger partial charge on any atom is -0.354 e. The summed E-state index contributed by atoms with van der Waals surface area (Å²) in [5, 5.41) is 6.70. The summed E-state index contributed by atoms with van der Waals surface area (Å²) in [5.41, 5.74) is 7.81. The normalized spacial score (nSPS) is 12.2. The molecule has 0 aliphatic heterocycles. The number of hydrogen-bond acceptors (Lipinski definition) is 0. The van der Waals surface area contributed by atoms with Crippen LogP contribution < -0.4 is 27.3 Å². The van der Waals surface area contributed by atoms with Crippen molar-refractivity contribution in [3.05, 3.63) is 72.8 Å².